The fourth-order valence-electron chi connectivity index (χ4n) is 1.37. The van der Waals surface area contributed by atoms with Crippen LogP contribution in [0.5, 0.6) is 11.8 Å². The van der Waals surface area contributed by atoms with E-state index in [-0.39, 0.29) is 11.7 Å². The molecule has 0 saturated heterocycles. The van der Waals surface area contributed by atoms with E-state index in [1.54, 1.807) is 0 Å². The van der Waals surface area contributed by atoms with Crippen molar-refractivity contribution in [3.63, 3.8) is 0 Å². The van der Waals surface area contributed by atoms with Gasteiger partial charge in [-0.1, -0.05) is 0 Å². The quantitative estimate of drug-likeness (QED) is 0.509. The smallest absolute Gasteiger partial charge is 0.328 e. The first kappa shape index (κ1) is 14.1. The number of benzene rings is 1. The Morgan fingerprint density at radius 1 is 1.24 bits per heavy atom. The van der Waals surface area contributed by atoms with Crippen LogP contribution in [0.4, 0.5) is 5.69 Å². The molecule has 21 heavy (non-hydrogen) atoms. The molecule has 8 heteroatoms. The lowest BCUT2D eigenvalue weighted by atomic mass is 10.3. The lowest BCUT2D eigenvalue weighted by Gasteiger charge is -2.03. The van der Waals surface area contributed by atoms with Crippen LogP contribution < -0.4 is 4.74 Å². The minimum absolute atomic E-state index is 0.0441. The van der Waals surface area contributed by atoms with E-state index in [9.17, 15) is 14.9 Å². The first-order chi connectivity index (χ1) is 10.0. The van der Waals surface area contributed by atoms with Crippen molar-refractivity contribution in [1.82, 2.24) is 9.97 Å². The average Bonchev–Trinajstić information content (AvgIpc) is 2.47. The van der Waals surface area contributed by atoms with Crippen LogP contribution >= 0.6 is 0 Å². The van der Waals surface area contributed by atoms with Gasteiger partial charge in [0.25, 0.3) is 5.69 Å². The number of aliphatic carboxylic acids is 1. The van der Waals surface area contributed by atoms with Crippen molar-refractivity contribution in [2.24, 2.45) is 0 Å². The van der Waals surface area contributed by atoms with E-state index in [4.69, 9.17) is 9.84 Å². The molecule has 1 N–H and O–H groups in total. The van der Waals surface area contributed by atoms with Crippen LogP contribution in [0.25, 0.3) is 6.08 Å². The first-order valence-corrected chi connectivity index (χ1v) is 5.70. The van der Waals surface area contributed by atoms with Gasteiger partial charge in [0.05, 0.1) is 4.92 Å². The number of nitro benzene ring substituents is 1. The molecule has 0 fully saturated rings. The van der Waals surface area contributed by atoms with Crippen LogP contribution in [0.2, 0.25) is 0 Å². The largest absolute Gasteiger partial charge is 0.478 e. The van der Waals surface area contributed by atoms with Crippen LogP contribution in [-0.2, 0) is 4.79 Å². The molecular weight excluding hydrogens is 278 g/mol. The SMILES string of the molecule is O=C(O)/C=C/c1cnc(Oc2ccc([N+](=O)[O-])cc2)nc1. The zero-order valence-corrected chi connectivity index (χ0v) is 10.5. The number of rotatable bonds is 5. The van der Waals surface area contributed by atoms with Crippen molar-refractivity contribution in [3.05, 3.63) is 58.4 Å². The molecule has 1 aromatic heterocycles. The number of carbonyl (C=O) groups is 1. The summed E-state index contributed by atoms with van der Waals surface area (Å²) >= 11 is 0. The zero-order chi connectivity index (χ0) is 15.2. The van der Waals surface area contributed by atoms with Gasteiger partial charge in [0.15, 0.2) is 0 Å². The molecule has 106 valence electrons. The lowest BCUT2D eigenvalue weighted by molar-refractivity contribution is -0.384. The van der Waals surface area contributed by atoms with Crippen LogP contribution in [0.3, 0.4) is 0 Å². The molecule has 0 spiro atoms. The molecular formula is C13H9N3O5. The summed E-state index contributed by atoms with van der Waals surface area (Å²) in [5.41, 5.74) is 0.464. The molecule has 8 nitrogen and oxygen atoms in total. The number of hydrogen-bond acceptors (Lipinski definition) is 6. The highest BCUT2D eigenvalue weighted by Gasteiger charge is 2.06. The Kier molecular flexibility index (Phi) is 4.20. The number of nitro groups is 1. The van der Waals surface area contributed by atoms with E-state index in [1.165, 1.54) is 42.7 Å². The number of nitrogens with zero attached hydrogens (tertiary/aromatic N) is 3. The third-order valence-electron chi connectivity index (χ3n) is 2.32. The summed E-state index contributed by atoms with van der Waals surface area (Å²) in [5.74, 6) is -0.712. The standard InChI is InChI=1S/C13H9N3O5/c17-12(18)6-1-9-7-14-13(15-8-9)21-11-4-2-10(3-5-11)16(19)20/h1-8H,(H,17,18)/b6-1+. The summed E-state index contributed by atoms with van der Waals surface area (Å²) in [6, 6.07) is 5.52. The number of non-ortho nitro benzene ring substituents is 1. The van der Waals surface area contributed by atoms with Gasteiger partial charge in [-0.05, 0) is 18.2 Å². The normalized spacial score (nSPS) is 10.5. The second-order valence-corrected chi connectivity index (χ2v) is 3.82. The van der Waals surface area contributed by atoms with Crippen molar-refractivity contribution in [2.75, 3.05) is 0 Å². The van der Waals surface area contributed by atoms with Gasteiger partial charge in [-0.15, -0.1) is 0 Å². The molecule has 0 aliphatic carbocycles. The fraction of sp³-hybridized carbons (Fsp3) is 0. The minimum atomic E-state index is -1.07. The summed E-state index contributed by atoms with van der Waals surface area (Å²) in [4.78, 5) is 28.2. The Labute approximate surface area is 118 Å². The molecule has 0 saturated carbocycles. The third-order valence-corrected chi connectivity index (χ3v) is 2.32. The Bertz CT molecular complexity index is 680. The van der Waals surface area contributed by atoms with E-state index in [0.29, 0.717) is 11.3 Å². The fourth-order valence-corrected chi connectivity index (χ4v) is 1.37. The molecule has 2 rings (SSSR count). The summed E-state index contributed by atoms with van der Waals surface area (Å²) in [5, 5.41) is 19.0. The Hall–Kier alpha value is -3.29. The Morgan fingerprint density at radius 2 is 1.86 bits per heavy atom. The molecule has 0 unspecified atom stereocenters. The summed E-state index contributed by atoms with van der Waals surface area (Å²) in [7, 11) is 0. The zero-order valence-electron chi connectivity index (χ0n) is 10.5. The Morgan fingerprint density at radius 3 is 2.38 bits per heavy atom. The van der Waals surface area contributed by atoms with Gasteiger partial charge in [0, 0.05) is 36.2 Å². The van der Waals surface area contributed by atoms with Gasteiger partial charge < -0.3 is 9.84 Å². The summed E-state index contributed by atoms with van der Waals surface area (Å²) in [6.07, 6.45) is 5.11. The number of carboxylic acid groups (broad SMARTS) is 1. The maximum Gasteiger partial charge on any atom is 0.328 e. The van der Waals surface area contributed by atoms with Crippen LogP contribution in [0, 0.1) is 10.1 Å². The van der Waals surface area contributed by atoms with Crippen LogP contribution in [0.1, 0.15) is 5.56 Å². The molecule has 1 heterocycles. The Balaban J connectivity index is 2.06. The molecule has 0 bridgehead atoms. The van der Waals surface area contributed by atoms with Crippen molar-refractivity contribution in [3.8, 4) is 11.8 Å². The molecule has 0 aliphatic heterocycles. The highest BCUT2D eigenvalue weighted by molar-refractivity contribution is 5.85. The second-order valence-electron chi connectivity index (χ2n) is 3.82. The van der Waals surface area contributed by atoms with E-state index in [1.807, 2.05) is 0 Å². The number of ether oxygens (including phenoxy) is 1. The predicted molar refractivity (Wildman–Crippen MR) is 71.9 cm³/mol. The molecule has 0 amide bonds. The molecule has 1 aromatic carbocycles. The molecule has 0 atom stereocenters. The average molecular weight is 287 g/mol. The summed E-state index contributed by atoms with van der Waals surface area (Å²) < 4.78 is 5.31. The maximum atomic E-state index is 10.5. The molecule has 0 radical (unpaired) electrons. The van der Waals surface area contributed by atoms with Gasteiger partial charge in [0.1, 0.15) is 5.75 Å². The number of aromatic nitrogens is 2. The van der Waals surface area contributed by atoms with Crippen LogP contribution in [0.15, 0.2) is 42.7 Å². The monoisotopic (exact) mass is 287 g/mol. The van der Waals surface area contributed by atoms with E-state index in [2.05, 4.69) is 9.97 Å². The van der Waals surface area contributed by atoms with Crippen molar-refractivity contribution < 1.29 is 19.6 Å². The molecule has 2 aromatic rings. The highest BCUT2D eigenvalue weighted by atomic mass is 16.6. The number of hydrogen-bond donors (Lipinski definition) is 1. The maximum absolute atomic E-state index is 10.5. The summed E-state index contributed by atoms with van der Waals surface area (Å²) in [6.45, 7) is 0. The third kappa shape index (κ3) is 4.10. The topological polar surface area (TPSA) is 115 Å². The highest BCUT2D eigenvalue weighted by Crippen LogP contribution is 2.21. The van der Waals surface area contributed by atoms with E-state index < -0.39 is 10.9 Å². The van der Waals surface area contributed by atoms with Gasteiger partial charge in [-0.3, -0.25) is 10.1 Å². The predicted octanol–water partition coefficient (Wildman–Crippen LogP) is 2.27. The first-order valence-electron chi connectivity index (χ1n) is 5.70. The van der Waals surface area contributed by atoms with E-state index >= 15 is 0 Å². The number of carboxylic acids is 1. The second kappa shape index (κ2) is 6.24. The van der Waals surface area contributed by atoms with Crippen molar-refractivity contribution in [1.29, 1.82) is 0 Å². The van der Waals surface area contributed by atoms with Gasteiger partial charge >= 0.3 is 12.0 Å². The van der Waals surface area contributed by atoms with Gasteiger partial charge in [-0.2, -0.15) is 0 Å². The van der Waals surface area contributed by atoms with Crippen molar-refractivity contribution >= 4 is 17.7 Å². The van der Waals surface area contributed by atoms with Crippen LogP contribution in [-0.4, -0.2) is 26.0 Å². The molecule has 0 aliphatic rings. The van der Waals surface area contributed by atoms with Gasteiger partial charge in [-0.25, -0.2) is 14.8 Å². The van der Waals surface area contributed by atoms with Gasteiger partial charge in [0.2, 0.25) is 0 Å². The minimum Gasteiger partial charge on any atom is -0.478 e. The van der Waals surface area contributed by atoms with E-state index in [0.717, 1.165) is 6.08 Å². The lowest BCUT2D eigenvalue weighted by Crippen LogP contribution is -1.93. The van der Waals surface area contributed by atoms with Crippen molar-refractivity contribution in [2.45, 2.75) is 0 Å².